The number of hydrogen-bond acceptors (Lipinski definition) is 7. The van der Waals surface area contributed by atoms with Crippen LogP contribution in [0.5, 0.6) is 11.8 Å². The van der Waals surface area contributed by atoms with Crippen molar-refractivity contribution in [2.45, 2.75) is 31.6 Å². The fourth-order valence-electron chi connectivity index (χ4n) is 3.37. The van der Waals surface area contributed by atoms with Crippen molar-refractivity contribution in [3.05, 3.63) is 36.4 Å². The number of halogens is 1. The van der Waals surface area contributed by atoms with E-state index in [-0.39, 0.29) is 6.01 Å². The van der Waals surface area contributed by atoms with Gasteiger partial charge in [-0.25, -0.2) is 4.39 Å². The molecule has 2 aromatic heterocycles. The number of rotatable bonds is 4. The Bertz CT molecular complexity index is 747. The lowest BCUT2D eigenvalue weighted by Gasteiger charge is -2.36. The van der Waals surface area contributed by atoms with Crippen LogP contribution in [0.1, 0.15) is 19.0 Å². The molecule has 2 aliphatic rings. The lowest BCUT2D eigenvalue weighted by molar-refractivity contribution is 0.200. The Labute approximate surface area is 145 Å². The molecule has 0 aliphatic carbocycles. The van der Waals surface area contributed by atoms with Crippen LogP contribution in [0.15, 0.2) is 30.7 Å². The number of anilines is 1. The molecule has 0 amide bonds. The van der Waals surface area contributed by atoms with Gasteiger partial charge in [-0.15, -0.1) is 0 Å². The minimum atomic E-state index is -0.899. The van der Waals surface area contributed by atoms with Gasteiger partial charge in [0.15, 0.2) is 5.75 Å². The first-order chi connectivity index (χ1) is 12.1. The number of alkyl halides is 1. The van der Waals surface area contributed by atoms with Crippen LogP contribution in [-0.4, -0.2) is 46.5 Å². The maximum atomic E-state index is 14.1. The highest BCUT2D eigenvalue weighted by atomic mass is 19.1. The summed E-state index contributed by atoms with van der Waals surface area (Å²) in [5.41, 5.74) is 1.22. The maximum absolute atomic E-state index is 14.1. The van der Waals surface area contributed by atoms with Gasteiger partial charge < -0.3 is 14.4 Å². The Hall–Kier alpha value is -2.48. The molecule has 2 aromatic rings. The summed E-state index contributed by atoms with van der Waals surface area (Å²) in [5, 5.41) is 3.08. The van der Waals surface area contributed by atoms with Crippen LogP contribution in [-0.2, 0) is 6.54 Å². The number of hydrogen-bond donors (Lipinski definition) is 1. The summed E-state index contributed by atoms with van der Waals surface area (Å²) < 4.78 is 25.4. The first-order valence-corrected chi connectivity index (χ1v) is 8.28. The minimum absolute atomic E-state index is 0.282. The van der Waals surface area contributed by atoms with Crippen molar-refractivity contribution in [2.75, 3.05) is 24.8 Å². The Balaban J connectivity index is 1.50. The lowest BCUT2D eigenvalue weighted by Crippen LogP contribution is -2.46. The third-order valence-corrected chi connectivity index (χ3v) is 4.61. The first-order valence-electron chi connectivity index (χ1n) is 8.28. The van der Waals surface area contributed by atoms with Gasteiger partial charge in [-0.05, 0) is 19.1 Å². The fraction of sp³-hybridized carbons (Fsp3) is 0.471. The summed E-state index contributed by atoms with van der Waals surface area (Å²) in [6.45, 7) is 3.69. The average molecular weight is 345 g/mol. The predicted octanol–water partition coefficient (Wildman–Crippen LogP) is 1.70. The Morgan fingerprint density at radius 3 is 3.12 bits per heavy atom. The van der Waals surface area contributed by atoms with Crippen molar-refractivity contribution in [1.29, 1.82) is 0 Å². The maximum Gasteiger partial charge on any atom is 0.316 e. The quantitative estimate of drug-likeness (QED) is 0.904. The molecule has 2 aliphatic heterocycles. The van der Waals surface area contributed by atoms with Crippen molar-refractivity contribution in [1.82, 2.24) is 20.3 Å². The molecule has 0 bridgehead atoms. The van der Waals surface area contributed by atoms with E-state index in [1.54, 1.807) is 18.6 Å². The predicted molar refractivity (Wildman–Crippen MR) is 89.4 cm³/mol. The fourth-order valence-corrected chi connectivity index (χ4v) is 3.37. The molecule has 0 unspecified atom stereocenters. The van der Waals surface area contributed by atoms with Gasteiger partial charge in [0.05, 0.1) is 11.7 Å². The van der Waals surface area contributed by atoms with Gasteiger partial charge in [0, 0.05) is 37.6 Å². The molecule has 132 valence electrons. The summed E-state index contributed by atoms with van der Waals surface area (Å²) in [7, 11) is 0. The van der Waals surface area contributed by atoms with Crippen molar-refractivity contribution < 1.29 is 13.9 Å². The smallest absolute Gasteiger partial charge is 0.316 e. The van der Waals surface area contributed by atoms with Crippen LogP contribution in [0.4, 0.5) is 10.1 Å². The zero-order chi connectivity index (χ0) is 17.3. The normalized spacial score (nSPS) is 25.4. The molecule has 7 nitrogen and oxygen atoms in total. The van der Waals surface area contributed by atoms with E-state index in [1.807, 2.05) is 24.0 Å². The second kappa shape index (κ2) is 6.44. The minimum Gasteiger partial charge on any atom is -0.475 e. The van der Waals surface area contributed by atoms with Gasteiger partial charge in [-0.3, -0.25) is 10.3 Å². The summed E-state index contributed by atoms with van der Waals surface area (Å²) in [4.78, 5) is 14.6. The van der Waals surface area contributed by atoms with Crippen LogP contribution >= 0.6 is 0 Å². The molecule has 0 radical (unpaired) electrons. The van der Waals surface area contributed by atoms with Gasteiger partial charge in [-0.2, -0.15) is 9.97 Å². The topological polar surface area (TPSA) is 72.4 Å². The van der Waals surface area contributed by atoms with E-state index in [1.165, 1.54) is 0 Å². The van der Waals surface area contributed by atoms with E-state index in [2.05, 4.69) is 20.3 Å². The number of aromatic nitrogens is 3. The molecular weight excluding hydrogens is 325 g/mol. The van der Waals surface area contributed by atoms with Gasteiger partial charge >= 0.3 is 6.01 Å². The zero-order valence-corrected chi connectivity index (χ0v) is 14.0. The van der Waals surface area contributed by atoms with Gasteiger partial charge in [0.2, 0.25) is 0 Å². The van der Waals surface area contributed by atoms with Crippen molar-refractivity contribution in [3.63, 3.8) is 0 Å². The molecule has 1 saturated heterocycles. The van der Waals surface area contributed by atoms with E-state index in [0.717, 1.165) is 11.4 Å². The summed E-state index contributed by atoms with van der Waals surface area (Å²) in [6.07, 6.45) is 4.53. The number of nitrogens with one attached hydrogen (secondary N) is 1. The van der Waals surface area contributed by atoms with Crippen molar-refractivity contribution >= 4 is 5.69 Å². The van der Waals surface area contributed by atoms with Crippen molar-refractivity contribution in [3.8, 4) is 11.8 Å². The van der Waals surface area contributed by atoms with E-state index >= 15 is 0 Å². The lowest BCUT2D eigenvalue weighted by atomic mass is 9.99. The van der Waals surface area contributed by atoms with Crippen LogP contribution in [0.3, 0.4) is 0 Å². The van der Waals surface area contributed by atoms with Crippen molar-refractivity contribution in [2.24, 2.45) is 0 Å². The van der Waals surface area contributed by atoms with Gasteiger partial charge in [-0.1, -0.05) is 0 Å². The Morgan fingerprint density at radius 2 is 2.28 bits per heavy atom. The molecular formula is C17H20FN5O2. The number of pyridine rings is 1. The second-order valence-corrected chi connectivity index (χ2v) is 6.58. The number of fused-ring (bicyclic) bond motifs is 1. The number of nitrogens with zero attached hydrogens (tertiary/aromatic N) is 4. The highest BCUT2D eigenvalue weighted by Gasteiger charge is 2.43. The van der Waals surface area contributed by atoms with Crippen LogP contribution in [0.2, 0.25) is 0 Å². The molecule has 0 saturated carbocycles. The zero-order valence-electron chi connectivity index (χ0n) is 14.0. The molecule has 25 heavy (non-hydrogen) atoms. The summed E-state index contributed by atoms with van der Waals surface area (Å²) >= 11 is 0. The first kappa shape index (κ1) is 16.0. The summed E-state index contributed by atoms with van der Waals surface area (Å²) in [5.74, 6) is 0.667. The van der Waals surface area contributed by atoms with E-state index in [0.29, 0.717) is 38.6 Å². The highest BCUT2D eigenvalue weighted by Crippen LogP contribution is 2.35. The standard InChI is InChI=1S/C17H20FN5O2/c1-17(6-12(18)9-23(17)13-2-4-19-5-3-13)10-24-16-21-8-15-14(22-16)7-20-11-25-15/h2-5,8,12,20H,6-7,9-11H2,1H3/t12-,17+/m1/s1. The van der Waals surface area contributed by atoms with Crippen LogP contribution < -0.4 is 19.7 Å². The molecule has 2 atom stereocenters. The monoisotopic (exact) mass is 345 g/mol. The largest absolute Gasteiger partial charge is 0.475 e. The van der Waals surface area contributed by atoms with E-state index in [9.17, 15) is 4.39 Å². The second-order valence-electron chi connectivity index (χ2n) is 6.58. The molecule has 4 rings (SSSR count). The van der Waals surface area contributed by atoms with Crippen LogP contribution in [0, 0.1) is 0 Å². The van der Waals surface area contributed by atoms with E-state index < -0.39 is 11.7 Å². The molecule has 1 N–H and O–H groups in total. The molecule has 0 aromatic carbocycles. The van der Waals surface area contributed by atoms with Gasteiger partial charge in [0.25, 0.3) is 0 Å². The average Bonchev–Trinajstić information content (AvgIpc) is 2.95. The summed E-state index contributed by atoms with van der Waals surface area (Å²) in [6, 6.07) is 4.05. The van der Waals surface area contributed by atoms with E-state index in [4.69, 9.17) is 9.47 Å². The Morgan fingerprint density at radius 1 is 1.44 bits per heavy atom. The van der Waals surface area contributed by atoms with Gasteiger partial charge in [0.1, 0.15) is 25.2 Å². The molecule has 0 spiro atoms. The molecule has 4 heterocycles. The third-order valence-electron chi connectivity index (χ3n) is 4.61. The van der Waals surface area contributed by atoms with Crippen LogP contribution in [0.25, 0.3) is 0 Å². The molecule has 1 fully saturated rings. The Kier molecular flexibility index (Phi) is 4.12. The SMILES string of the molecule is C[C@@]1(COc2ncc3c(n2)CNCO3)C[C@@H](F)CN1c1ccncc1. The molecule has 8 heteroatoms. The highest BCUT2D eigenvalue weighted by molar-refractivity contribution is 5.49. The number of ether oxygens (including phenoxy) is 2. The third kappa shape index (κ3) is 3.21.